The maximum atomic E-state index is 6.39. The van der Waals surface area contributed by atoms with Crippen molar-refractivity contribution in [3.8, 4) is 11.5 Å². The highest BCUT2D eigenvalue weighted by Crippen LogP contribution is 2.37. The summed E-state index contributed by atoms with van der Waals surface area (Å²) >= 11 is 0. The Bertz CT molecular complexity index is 1270. The van der Waals surface area contributed by atoms with E-state index in [9.17, 15) is 0 Å². The summed E-state index contributed by atoms with van der Waals surface area (Å²) in [6.07, 6.45) is 3.77. The zero-order valence-corrected chi connectivity index (χ0v) is 18.8. The second kappa shape index (κ2) is 8.63. The number of ether oxygens (including phenoxy) is 2. The van der Waals surface area contributed by atoms with Gasteiger partial charge in [-0.05, 0) is 49.9 Å². The Hall–Kier alpha value is -3.38. The van der Waals surface area contributed by atoms with Crippen molar-refractivity contribution in [2.75, 3.05) is 32.6 Å². The van der Waals surface area contributed by atoms with Crippen LogP contribution in [0.4, 0.5) is 11.5 Å². The Labute approximate surface area is 188 Å². The van der Waals surface area contributed by atoms with Crippen LogP contribution in [0.3, 0.4) is 0 Å². The maximum absolute atomic E-state index is 6.39. The summed E-state index contributed by atoms with van der Waals surface area (Å²) < 4.78 is 12.0. The zero-order valence-electron chi connectivity index (χ0n) is 18.8. The molecule has 1 aromatic heterocycles. The van der Waals surface area contributed by atoms with Crippen LogP contribution in [0.5, 0.6) is 11.5 Å². The Morgan fingerprint density at radius 2 is 1.72 bits per heavy atom. The molecule has 4 aromatic rings. The van der Waals surface area contributed by atoms with Crippen molar-refractivity contribution < 1.29 is 9.47 Å². The van der Waals surface area contributed by atoms with Crippen molar-refractivity contribution in [2.45, 2.75) is 25.9 Å². The van der Waals surface area contributed by atoms with Gasteiger partial charge in [-0.3, -0.25) is 0 Å². The van der Waals surface area contributed by atoms with Crippen molar-refractivity contribution >= 4 is 33.2 Å². The Morgan fingerprint density at radius 3 is 2.50 bits per heavy atom. The third kappa shape index (κ3) is 3.94. The maximum Gasteiger partial charge on any atom is 0.162 e. The molecule has 6 nitrogen and oxygen atoms in total. The van der Waals surface area contributed by atoms with Gasteiger partial charge in [-0.15, -0.1) is 0 Å². The first kappa shape index (κ1) is 20.5. The first-order valence-electron chi connectivity index (χ1n) is 11.1. The number of nitrogens with one attached hydrogen (secondary N) is 1. The van der Waals surface area contributed by atoms with Gasteiger partial charge in [0.2, 0.25) is 0 Å². The fourth-order valence-electron chi connectivity index (χ4n) is 4.38. The summed E-state index contributed by atoms with van der Waals surface area (Å²) in [7, 11) is 3.82. The van der Waals surface area contributed by atoms with E-state index in [1.165, 1.54) is 10.9 Å². The number of fused-ring (bicyclic) bond motifs is 2. The molecule has 0 atom stereocenters. The Balaban J connectivity index is 1.53. The van der Waals surface area contributed by atoms with E-state index < -0.39 is 0 Å². The number of aromatic nitrogens is 2. The molecule has 0 radical (unpaired) electrons. The van der Waals surface area contributed by atoms with Crippen LogP contribution in [0, 0.1) is 6.92 Å². The third-order valence-corrected chi connectivity index (χ3v) is 6.28. The molecule has 1 aliphatic heterocycles. The van der Waals surface area contributed by atoms with Crippen LogP contribution in [-0.4, -0.2) is 48.2 Å². The molecule has 0 aliphatic carbocycles. The monoisotopic (exact) mass is 428 g/mol. The highest BCUT2D eigenvalue weighted by atomic mass is 16.5. The molecule has 6 heteroatoms. The quantitative estimate of drug-likeness (QED) is 0.464. The lowest BCUT2D eigenvalue weighted by Gasteiger charge is -2.29. The lowest BCUT2D eigenvalue weighted by Crippen LogP contribution is -2.35. The molecule has 0 amide bonds. The zero-order chi connectivity index (χ0) is 22.1. The summed E-state index contributed by atoms with van der Waals surface area (Å²) in [6.45, 7) is 4.21. The normalized spacial score (nSPS) is 15.2. The van der Waals surface area contributed by atoms with Crippen molar-refractivity contribution in [1.82, 2.24) is 14.9 Å². The van der Waals surface area contributed by atoms with Gasteiger partial charge in [0.1, 0.15) is 18.2 Å². The van der Waals surface area contributed by atoms with E-state index in [0.717, 1.165) is 59.5 Å². The minimum absolute atomic E-state index is 0.180. The molecule has 32 heavy (non-hydrogen) atoms. The third-order valence-electron chi connectivity index (χ3n) is 6.28. The van der Waals surface area contributed by atoms with Crippen molar-refractivity contribution in [3.05, 3.63) is 60.4 Å². The molecule has 1 fully saturated rings. The molecular formula is C26H28N4O2. The molecule has 0 bridgehead atoms. The van der Waals surface area contributed by atoms with Crippen molar-refractivity contribution in [3.63, 3.8) is 0 Å². The molecule has 0 saturated carbocycles. The smallest absolute Gasteiger partial charge is 0.162 e. The number of nitrogens with zero attached hydrogens (tertiary/aromatic N) is 3. The van der Waals surface area contributed by atoms with E-state index in [1.54, 1.807) is 13.4 Å². The van der Waals surface area contributed by atoms with Gasteiger partial charge in [-0.25, -0.2) is 9.97 Å². The first-order chi connectivity index (χ1) is 15.6. The molecule has 164 valence electrons. The second-order valence-electron chi connectivity index (χ2n) is 8.46. The lowest BCUT2D eigenvalue weighted by atomic mass is 10.0. The minimum Gasteiger partial charge on any atom is -0.493 e. The molecule has 0 spiro atoms. The van der Waals surface area contributed by atoms with Gasteiger partial charge in [-0.2, -0.15) is 0 Å². The van der Waals surface area contributed by atoms with Gasteiger partial charge in [-0.1, -0.05) is 30.3 Å². The lowest BCUT2D eigenvalue weighted by molar-refractivity contribution is 0.111. The number of anilines is 2. The predicted octanol–water partition coefficient (Wildman–Crippen LogP) is 5.32. The molecule has 5 rings (SSSR count). The highest BCUT2D eigenvalue weighted by Gasteiger charge is 2.21. The molecule has 3 aromatic carbocycles. The molecular weight excluding hydrogens is 400 g/mol. The standard InChI is InChI=1S/C26H28N4O2/c1-17-8-9-22(20-7-5-4-6-19(17)20)29-26-21-14-25(32-18-10-12-30(2)13-11-18)24(31-3)15-23(21)27-16-28-26/h4-9,14-16,18H,10-13H2,1-3H3,(H,27,28,29). The molecule has 1 aliphatic rings. The number of methoxy groups -OCH3 is 1. The van der Waals surface area contributed by atoms with Gasteiger partial charge in [0.15, 0.2) is 11.5 Å². The van der Waals surface area contributed by atoms with Crippen LogP contribution < -0.4 is 14.8 Å². The van der Waals surface area contributed by atoms with E-state index in [-0.39, 0.29) is 6.10 Å². The van der Waals surface area contributed by atoms with Crippen LogP contribution in [0.25, 0.3) is 21.7 Å². The summed E-state index contributed by atoms with van der Waals surface area (Å²) in [5, 5.41) is 6.83. The van der Waals surface area contributed by atoms with Crippen LogP contribution in [0.2, 0.25) is 0 Å². The summed E-state index contributed by atoms with van der Waals surface area (Å²) in [6, 6.07) is 16.6. The van der Waals surface area contributed by atoms with Gasteiger partial charge < -0.3 is 19.7 Å². The van der Waals surface area contributed by atoms with Gasteiger partial charge in [0.05, 0.1) is 12.6 Å². The number of hydrogen-bond acceptors (Lipinski definition) is 6. The topological polar surface area (TPSA) is 59.5 Å². The van der Waals surface area contributed by atoms with Crippen LogP contribution >= 0.6 is 0 Å². The summed E-state index contributed by atoms with van der Waals surface area (Å²) in [4.78, 5) is 11.4. The summed E-state index contributed by atoms with van der Waals surface area (Å²) in [5.41, 5.74) is 3.07. The van der Waals surface area contributed by atoms with E-state index in [4.69, 9.17) is 9.47 Å². The van der Waals surface area contributed by atoms with E-state index in [2.05, 4.69) is 70.6 Å². The Kier molecular flexibility index (Phi) is 5.53. The Morgan fingerprint density at radius 1 is 0.938 bits per heavy atom. The minimum atomic E-state index is 0.180. The number of aryl methyl sites for hydroxylation is 1. The first-order valence-corrected chi connectivity index (χ1v) is 11.1. The number of benzene rings is 3. The number of rotatable bonds is 5. The van der Waals surface area contributed by atoms with Crippen LogP contribution in [0.1, 0.15) is 18.4 Å². The number of hydrogen-bond donors (Lipinski definition) is 1. The summed E-state index contributed by atoms with van der Waals surface area (Å²) in [5.74, 6) is 2.18. The van der Waals surface area contributed by atoms with Crippen molar-refractivity contribution in [2.24, 2.45) is 0 Å². The fraction of sp³-hybridized carbons (Fsp3) is 0.308. The van der Waals surface area contributed by atoms with Crippen LogP contribution in [0.15, 0.2) is 54.9 Å². The molecule has 1 saturated heterocycles. The molecule has 1 N–H and O–H groups in total. The molecule has 2 heterocycles. The molecule has 0 unspecified atom stereocenters. The largest absolute Gasteiger partial charge is 0.493 e. The van der Waals surface area contributed by atoms with Crippen molar-refractivity contribution in [1.29, 1.82) is 0 Å². The predicted molar refractivity (Wildman–Crippen MR) is 129 cm³/mol. The highest BCUT2D eigenvalue weighted by molar-refractivity contribution is 6.00. The second-order valence-corrected chi connectivity index (χ2v) is 8.46. The fourth-order valence-corrected chi connectivity index (χ4v) is 4.38. The van der Waals surface area contributed by atoms with E-state index in [1.807, 2.05) is 12.1 Å². The van der Waals surface area contributed by atoms with E-state index in [0.29, 0.717) is 5.75 Å². The van der Waals surface area contributed by atoms with Gasteiger partial charge in [0, 0.05) is 35.6 Å². The van der Waals surface area contributed by atoms with Gasteiger partial charge in [0.25, 0.3) is 0 Å². The van der Waals surface area contributed by atoms with Gasteiger partial charge >= 0.3 is 0 Å². The average Bonchev–Trinajstić information content (AvgIpc) is 2.82. The number of piperidine rings is 1. The number of likely N-dealkylation sites (tertiary alicyclic amines) is 1. The average molecular weight is 429 g/mol. The van der Waals surface area contributed by atoms with Crippen LogP contribution in [-0.2, 0) is 0 Å². The van der Waals surface area contributed by atoms with E-state index >= 15 is 0 Å². The SMILES string of the molecule is COc1cc2ncnc(Nc3ccc(C)c4ccccc34)c2cc1OC1CCN(C)CC1.